The van der Waals surface area contributed by atoms with Gasteiger partial charge < -0.3 is 14.2 Å². The molecule has 2 aliphatic carbocycles. The summed E-state index contributed by atoms with van der Waals surface area (Å²) in [7, 11) is 0. The first-order valence-corrected chi connectivity index (χ1v) is 7.00. The van der Waals surface area contributed by atoms with E-state index in [1.165, 1.54) is 0 Å². The summed E-state index contributed by atoms with van der Waals surface area (Å²) < 4.78 is 16.3. The lowest BCUT2D eigenvalue weighted by Gasteiger charge is -2.20. The Bertz CT molecular complexity index is 403. The number of hydrogen-bond acceptors (Lipinski definition) is 4. The van der Waals surface area contributed by atoms with Crippen molar-refractivity contribution in [3.05, 3.63) is 11.8 Å². The van der Waals surface area contributed by atoms with Crippen molar-refractivity contribution in [3.63, 3.8) is 0 Å². The number of fused-ring (bicyclic) bond motifs is 2. The molecule has 0 aromatic heterocycles. The van der Waals surface area contributed by atoms with Crippen LogP contribution in [0.25, 0.3) is 0 Å². The van der Waals surface area contributed by atoms with Gasteiger partial charge in [0.2, 0.25) is 0 Å². The van der Waals surface area contributed by atoms with Gasteiger partial charge in [-0.25, -0.2) is 0 Å². The molecule has 5 unspecified atom stereocenters. The van der Waals surface area contributed by atoms with Crippen molar-refractivity contribution in [3.8, 4) is 0 Å². The SMILES string of the molecule is O=C(OCC1CCC2OC2C1)C1C=C2OC2CC1. The summed E-state index contributed by atoms with van der Waals surface area (Å²) >= 11 is 0. The van der Waals surface area contributed by atoms with Crippen LogP contribution < -0.4 is 0 Å². The minimum atomic E-state index is -0.0766. The maximum atomic E-state index is 11.9. The molecule has 98 valence electrons. The first-order valence-electron chi connectivity index (χ1n) is 7.00. The monoisotopic (exact) mass is 250 g/mol. The summed E-state index contributed by atoms with van der Waals surface area (Å²) in [5.74, 6) is 1.34. The van der Waals surface area contributed by atoms with E-state index in [0.717, 1.165) is 37.9 Å². The third-order valence-electron chi connectivity index (χ3n) is 4.52. The second-order valence-electron chi connectivity index (χ2n) is 5.88. The third-order valence-corrected chi connectivity index (χ3v) is 4.52. The summed E-state index contributed by atoms with van der Waals surface area (Å²) in [5.41, 5.74) is 0. The Morgan fingerprint density at radius 1 is 1.28 bits per heavy atom. The molecular weight excluding hydrogens is 232 g/mol. The Balaban J connectivity index is 1.26. The van der Waals surface area contributed by atoms with Gasteiger partial charge >= 0.3 is 5.97 Å². The largest absolute Gasteiger partial charge is 0.483 e. The summed E-state index contributed by atoms with van der Waals surface area (Å²) in [5, 5.41) is 0. The van der Waals surface area contributed by atoms with E-state index < -0.39 is 0 Å². The second-order valence-corrected chi connectivity index (χ2v) is 5.88. The highest BCUT2D eigenvalue weighted by atomic mass is 16.6. The molecule has 2 saturated heterocycles. The molecule has 0 radical (unpaired) electrons. The van der Waals surface area contributed by atoms with Crippen LogP contribution in [0.3, 0.4) is 0 Å². The van der Waals surface area contributed by atoms with Gasteiger partial charge in [0, 0.05) is 0 Å². The van der Waals surface area contributed by atoms with Crippen LogP contribution in [0.1, 0.15) is 32.1 Å². The van der Waals surface area contributed by atoms with Crippen LogP contribution in [0, 0.1) is 11.8 Å². The molecule has 0 aromatic carbocycles. The van der Waals surface area contributed by atoms with E-state index in [1.807, 2.05) is 6.08 Å². The predicted octanol–water partition coefficient (Wildman–Crippen LogP) is 1.79. The van der Waals surface area contributed by atoms with Crippen molar-refractivity contribution in [1.82, 2.24) is 0 Å². The van der Waals surface area contributed by atoms with Gasteiger partial charge in [0.15, 0.2) is 6.10 Å². The van der Waals surface area contributed by atoms with E-state index in [1.54, 1.807) is 0 Å². The van der Waals surface area contributed by atoms with Crippen molar-refractivity contribution < 1.29 is 19.0 Å². The van der Waals surface area contributed by atoms with Gasteiger partial charge in [-0.15, -0.1) is 0 Å². The maximum Gasteiger partial charge on any atom is 0.312 e. The number of carbonyl (C=O) groups excluding carboxylic acids is 1. The molecule has 1 saturated carbocycles. The molecule has 0 bridgehead atoms. The summed E-state index contributed by atoms with van der Waals surface area (Å²) in [6, 6.07) is 0. The molecule has 4 aliphatic rings. The van der Waals surface area contributed by atoms with Gasteiger partial charge in [0.1, 0.15) is 5.76 Å². The van der Waals surface area contributed by atoms with Gasteiger partial charge in [-0.1, -0.05) is 0 Å². The molecule has 4 rings (SSSR count). The smallest absolute Gasteiger partial charge is 0.312 e. The fourth-order valence-corrected chi connectivity index (χ4v) is 3.22. The lowest BCUT2D eigenvalue weighted by molar-refractivity contribution is -0.148. The van der Waals surface area contributed by atoms with Crippen LogP contribution in [0.2, 0.25) is 0 Å². The van der Waals surface area contributed by atoms with Gasteiger partial charge in [0.05, 0.1) is 24.7 Å². The number of ether oxygens (including phenoxy) is 3. The molecule has 5 atom stereocenters. The quantitative estimate of drug-likeness (QED) is 0.566. The Labute approximate surface area is 106 Å². The minimum absolute atomic E-state index is 0.0738. The zero-order valence-electron chi connectivity index (χ0n) is 10.3. The van der Waals surface area contributed by atoms with Crippen molar-refractivity contribution in [2.75, 3.05) is 6.61 Å². The first kappa shape index (κ1) is 10.9. The number of rotatable bonds is 3. The van der Waals surface area contributed by atoms with Gasteiger partial charge in [0.25, 0.3) is 0 Å². The highest BCUT2D eigenvalue weighted by Crippen LogP contribution is 2.40. The zero-order valence-corrected chi connectivity index (χ0v) is 10.3. The molecular formula is C14H18O4. The molecule has 2 aliphatic heterocycles. The Morgan fingerprint density at radius 2 is 2.22 bits per heavy atom. The third kappa shape index (κ3) is 2.03. The van der Waals surface area contributed by atoms with Crippen molar-refractivity contribution >= 4 is 5.97 Å². The standard InChI is InChI=1S/C14H18O4/c15-14(9-2-4-11-13(6-9)18-11)16-7-8-1-3-10-12(5-8)17-10/h6,8-12H,1-5,7H2. The van der Waals surface area contributed by atoms with E-state index in [9.17, 15) is 4.79 Å². The van der Waals surface area contributed by atoms with Crippen LogP contribution in [0.15, 0.2) is 11.8 Å². The Kier molecular flexibility index (Phi) is 2.40. The number of esters is 1. The van der Waals surface area contributed by atoms with Gasteiger partial charge in [-0.05, 0) is 44.1 Å². The average molecular weight is 250 g/mol. The number of carbonyl (C=O) groups is 1. The molecule has 4 nitrogen and oxygen atoms in total. The fraction of sp³-hybridized carbons (Fsp3) is 0.786. The lowest BCUT2D eigenvalue weighted by Crippen LogP contribution is -2.24. The van der Waals surface area contributed by atoms with Crippen molar-refractivity contribution in [2.24, 2.45) is 11.8 Å². The minimum Gasteiger partial charge on any atom is -0.483 e. The van der Waals surface area contributed by atoms with E-state index in [0.29, 0.717) is 30.8 Å². The van der Waals surface area contributed by atoms with E-state index in [-0.39, 0.29) is 11.9 Å². The number of hydrogen-bond donors (Lipinski definition) is 0. The Hall–Kier alpha value is -1.03. The highest BCUT2D eigenvalue weighted by molar-refractivity contribution is 5.75. The normalized spacial score (nSPS) is 44.0. The summed E-state index contributed by atoms with van der Waals surface area (Å²) in [6.45, 7) is 0.565. The van der Waals surface area contributed by atoms with E-state index >= 15 is 0 Å². The molecule has 3 fully saturated rings. The van der Waals surface area contributed by atoms with Crippen LogP contribution in [-0.4, -0.2) is 30.9 Å². The molecule has 0 amide bonds. The van der Waals surface area contributed by atoms with Crippen LogP contribution in [-0.2, 0) is 19.0 Å². The van der Waals surface area contributed by atoms with Crippen LogP contribution >= 0.6 is 0 Å². The molecule has 18 heavy (non-hydrogen) atoms. The molecule has 4 heteroatoms. The molecule has 0 spiro atoms. The van der Waals surface area contributed by atoms with Crippen molar-refractivity contribution in [1.29, 1.82) is 0 Å². The van der Waals surface area contributed by atoms with Gasteiger partial charge in [-0.3, -0.25) is 4.79 Å². The highest BCUT2D eigenvalue weighted by Gasteiger charge is 2.44. The average Bonchev–Trinajstić information content (AvgIpc) is 3.26. The van der Waals surface area contributed by atoms with Gasteiger partial charge in [-0.2, -0.15) is 0 Å². The Morgan fingerprint density at radius 3 is 3.06 bits per heavy atom. The zero-order chi connectivity index (χ0) is 12.1. The summed E-state index contributed by atoms with van der Waals surface area (Å²) in [4.78, 5) is 11.9. The van der Waals surface area contributed by atoms with E-state index in [4.69, 9.17) is 14.2 Å². The van der Waals surface area contributed by atoms with Crippen LogP contribution in [0.4, 0.5) is 0 Å². The van der Waals surface area contributed by atoms with Crippen molar-refractivity contribution in [2.45, 2.75) is 50.4 Å². The van der Waals surface area contributed by atoms with E-state index in [2.05, 4.69) is 0 Å². The molecule has 0 aromatic rings. The van der Waals surface area contributed by atoms with Crippen LogP contribution in [0.5, 0.6) is 0 Å². The second kappa shape index (κ2) is 3.98. The fourth-order valence-electron chi connectivity index (χ4n) is 3.22. The predicted molar refractivity (Wildman–Crippen MR) is 62.6 cm³/mol. The topological polar surface area (TPSA) is 51.4 Å². The first-order chi connectivity index (χ1) is 8.79. The number of epoxide rings is 2. The summed E-state index contributed by atoms with van der Waals surface area (Å²) in [6.07, 6.45) is 8.39. The lowest BCUT2D eigenvalue weighted by atomic mass is 9.90. The maximum absolute atomic E-state index is 11.9. The molecule has 2 heterocycles. The molecule has 0 N–H and O–H groups in total.